The van der Waals surface area contributed by atoms with Crippen molar-refractivity contribution in [3.8, 4) is 0 Å². The van der Waals surface area contributed by atoms with Crippen LogP contribution < -0.4 is 10.6 Å². The molecule has 0 aliphatic carbocycles. The van der Waals surface area contributed by atoms with Gasteiger partial charge in [0.25, 0.3) is 0 Å². The Kier molecular flexibility index (Phi) is 5.15. The van der Waals surface area contributed by atoms with E-state index in [0.29, 0.717) is 12.3 Å². The van der Waals surface area contributed by atoms with E-state index in [-0.39, 0.29) is 24.8 Å². The highest BCUT2D eigenvalue weighted by Gasteiger charge is 2.09. The second-order valence-corrected chi connectivity index (χ2v) is 4.80. The van der Waals surface area contributed by atoms with Gasteiger partial charge in [0.05, 0.1) is 12.8 Å². The Hall–Kier alpha value is -2.56. The first-order chi connectivity index (χ1) is 10.1. The molecular weight excluding hydrogens is 268 g/mol. The summed E-state index contributed by atoms with van der Waals surface area (Å²) in [5.41, 5.74) is 2.17. The molecule has 0 aliphatic rings. The molecule has 110 valence electrons. The second-order valence-electron chi connectivity index (χ2n) is 4.80. The van der Waals surface area contributed by atoms with Gasteiger partial charge in [-0.05, 0) is 24.6 Å². The van der Waals surface area contributed by atoms with E-state index >= 15 is 0 Å². The molecule has 0 saturated heterocycles. The van der Waals surface area contributed by atoms with E-state index in [1.165, 1.54) is 11.8 Å². The van der Waals surface area contributed by atoms with E-state index in [1.807, 2.05) is 31.2 Å². The monoisotopic (exact) mass is 286 g/mol. The number of rotatable bonds is 6. The molecule has 21 heavy (non-hydrogen) atoms. The fraction of sp³-hybridized carbons (Fsp3) is 0.250. The molecule has 2 amide bonds. The lowest BCUT2D eigenvalue weighted by Gasteiger charge is -2.06. The summed E-state index contributed by atoms with van der Waals surface area (Å²) in [7, 11) is 0. The van der Waals surface area contributed by atoms with Crippen LogP contribution in [0.3, 0.4) is 0 Å². The second kappa shape index (κ2) is 7.28. The highest BCUT2D eigenvalue weighted by Crippen LogP contribution is 2.02. The summed E-state index contributed by atoms with van der Waals surface area (Å²) < 4.78 is 5.09. The maximum Gasteiger partial charge on any atom is 0.229 e. The van der Waals surface area contributed by atoms with Crippen molar-refractivity contribution >= 4 is 11.8 Å². The van der Waals surface area contributed by atoms with Crippen molar-refractivity contribution in [2.24, 2.45) is 0 Å². The van der Waals surface area contributed by atoms with Gasteiger partial charge in [-0.25, -0.2) is 0 Å². The Labute approximate surface area is 123 Å². The predicted octanol–water partition coefficient (Wildman–Crippen LogP) is 1.91. The number of hydrogen-bond acceptors (Lipinski definition) is 3. The van der Waals surface area contributed by atoms with E-state index in [2.05, 4.69) is 10.6 Å². The third kappa shape index (κ3) is 5.14. The maximum absolute atomic E-state index is 11.7. The number of carbonyl (C=O) groups is 2. The van der Waals surface area contributed by atoms with Crippen LogP contribution in [-0.4, -0.2) is 11.8 Å². The van der Waals surface area contributed by atoms with Gasteiger partial charge in [0, 0.05) is 6.54 Å². The molecule has 0 saturated carbocycles. The van der Waals surface area contributed by atoms with Crippen LogP contribution in [0.5, 0.6) is 0 Å². The Balaban J connectivity index is 1.68. The molecule has 2 aromatic rings. The molecule has 5 nitrogen and oxygen atoms in total. The summed E-state index contributed by atoms with van der Waals surface area (Å²) in [5, 5.41) is 5.35. The average Bonchev–Trinajstić information content (AvgIpc) is 2.98. The van der Waals surface area contributed by atoms with Crippen LogP contribution in [0.15, 0.2) is 47.1 Å². The van der Waals surface area contributed by atoms with Crippen molar-refractivity contribution in [3.05, 3.63) is 59.5 Å². The minimum atomic E-state index is -0.326. The van der Waals surface area contributed by atoms with Gasteiger partial charge in [0.15, 0.2) is 0 Å². The molecule has 0 fully saturated rings. The number of benzene rings is 1. The lowest BCUT2D eigenvalue weighted by molar-refractivity contribution is -0.129. The summed E-state index contributed by atoms with van der Waals surface area (Å²) in [6.45, 7) is 2.72. The average molecular weight is 286 g/mol. The molecule has 1 aromatic carbocycles. The molecule has 2 N–H and O–H groups in total. The lowest BCUT2D eigenvalue weighted by atomic mass is 10.1. The van der Waals surface area contributed by atoms with Crippen molar-refractivity contribution in [3.63, 3.8) is 0 Å². The van der Waals surface area contributed by atoms with Crippen LogP contribution in [0.1, 0.15) is 23.3 Å². The molecule has 1 aromatic heterocycles. The molecule has 2 rings (SSSR count). The largest absolute Gasteiger partial charge is 0.467 e. The highest BCUT2D eigenvalue weighted by molar-refractivity contribution is 5.96. The summed E-state index contributed by atoms with van der Waals surface area (Å²) in [6.07, 6.45) is 1.35. The Morgan fingerprint density at radius 1 is 1.00 bits per heavy atom. The summed E-state index contributed by atoms with van der Waals surface area (Å²) in [6, 6.07) is 11.4. The zero-order chi connectivity index (χ0) is 15.1. The normalized spacial score (nSPS) is 10.1. The number of nitrogens with one attached hydrogen (secondary N) is 2. The standard InChI is InChI=1S/C16H18N2O3/c1-12-4-6-13(7-5-12)10-17-15(19)9-16(20)18-11-14-3-2-8-21-14/h2-8H,9-11H2,1H3,(H,17,19)(H,18,20). The number of hydrogen-bond donors (Lipinski definition) is 2. The van der Waals surface area contributed by atoms with Crippen LogP contribution in [0, 0.1) is 6.92 Å². The van der Waals surface area contributed by atoms with E-state index in [0.717, 1.165) is 5.56 Å². The zero-order valence-corrected chi connectivity index (χ0v) is 11.9. The summed E-state index contributed by atoms with van der Waals surface area (Å²) in [5.74, 6) is 0.0312. The fourth-order valence-corrected chi connectivity index (χ4v) is 1.78. The first kappa shape index (κ1) is 14.8. The summed E-state index contributed by atoms with van der Waals surface area (Å²) >= 11 is 0. The van der Waals surface area contributed by atoms with E-state index in [9.17, 15) is 9.59 Å². The third-order valence-corrected chi connectivity index (χ3v) is 2.97. The van der Waals surface area contributed by atoms with Crippen LogP contribution >= 0.6 is 0 Å². The van der Waals surface area contributed by atoms with Gasteiger partial charge in [-0.1, -0.05) is 29.8 Å². The number of aryl methyl sites for hydroxylation is 1. The first-order valence-corrected chi connectivity index (χ1v) is 6.75. The molecular formula is C16H18N2O3. The van der Waals surface area contributed by atoms with Crippen molar-refractivity contribution in [2.45, 2.75) is 26.4 Å². The maximum atomic E-state index is 11.7. The first-order valence-electron chi connectivity index (χ1n) is 6.75. The number of amides is 2. The Bertz CT molecular complexity index is 588. The number of furan rings is 1. The molecule has 0 unspecified atom stereocenters. The van der Waals surface area contributed by atoms with Crippen molar-refractivity contribution in [1.29, 1.82) is 0 Å². The minimum absolute atomic E-state index is 0.188. The Morgan fingerprint density at radius 3 is 2.29 bits per heavy atom. The van der Waals surface area contributed by atoms with Gasteiger partial charge >= 0.3 is 0 Å². The molecule has 0 bridgehead atoms. The summed E-state index contributed by atoms with van der Waals surface area (Å²) in [4.78, 5) is 23.3. The predicted molar refractivity (Wildman–Crippen MR) is 78.2 cm³/mol. The van der Waals surface area contributed by atoms with Gasteiger partial charge in [-0.3, -0.25) is 9.59 Å². The topological polar surface area (TPSA) is 71.3 Å². The van der Waals surface area contributed by atoms with Gasteiger partial charge in [0.2, 0.25) is 11.8 Å². The van der Waals surface area contributed by atoms with E-state index in [4.69, 9.17) is 4.42 Å². The van der Waals surface area contributed by atoms with Crippen LogP contribution in [0.25, 0.3) is 0 Å². The minimum Gasteiger partial charge on any atom is -0.467 e. The van der Waals surface area contributed by atoms with Crippen LogP contribution in [0.2, 0.25) is 0 Å². The van der Waals surface area contributed by atoms with Crippen LogP contribution in [0.4, 0.5) is 0 Å². The third-order valence-electron chi connectivity index (χ3n) is 2.97. The van der Waals surface area contributed by atoms with E-state index < -0.39 is 0 Å². The smallest absolute Gasteiger partial charge is 0.229 e. The van der Waals surface area contributed by atoms with Gasteiger partial charge < -0.3 is 15.1 Å². The Morgan fingerprint density at radius 2 is 1.67 bits per heavy atom. The van der Waals surface area contributed by atoms with Gasteiger partial charge in [0.1, 0.15) is 12.2 Å². The molecule has 0 radical (unpaired) electrons. The fourth-order valence-electron chi connectivity index (χ4n) is 1.78. The van der Waals surface area contributed by atoms with Gasteiger partial charge in [-0.2, -0.15) is 0 Å². The molecule has 1 heterocycles. The number of carbonyl (C=O) groups excluding carboxylic acids is 2. The van der Waals surface area contributed by atoms with Crippen molar-refractivity contribution < 1.29 is 14.0 Å². The molecule has 0 atom stereocenters. The van der Waals surface area contributed by atoms with Crippen molar-refractivity contribution in [2.75, 3.05) is 0 Å². The molecule has 0 aliphatic heterocycles. The zero-order valence-electron chi connectivity index (χ0n) is 11.9. The quantitative estimate of drug-likeness (QED) is 0.797. The van der Waals surface area contributed by atoms with Gasteiger partial charge in [-0.15, -0.1) is 0 Å². The molecule has 0 spiro atoms. The van der Waals surface area contributed by atoms with Crippen molar-refractivity contribution in [1.82, 2.24) is 10.6 Å². The highest BCUT2D eigenvalue weighted by atomic mass is 16.3. The van der Waals surface area contributed by atoms with E-state index in [1.54, 1.807) is 12.1 Å². The SMILES string of the molecule is Cc1ccc(CNC(=O)CC(=O)NCc2ccco2)cc1. The van der Waals surface area contributed by atoms with Crippen LogP contribution in [-0.2, 0) is 22.7 Å². The lowest BCUT2D eigenvalue weighted by Crippen LogP contribution is -2.31. The molecule has 5 heteroatoms.